The van der Waals surface area contributed by atoms with E-state index < -0.39 is 10.8 Å². The number of hydrogen-bond donors (Lipinski definition) is 2. The first kappa shape index (κ1) is 23.3. The highest BCUT2D eigenvalue weighted by Crippen LogP contribution is 2.35. The summed E-state index contributed by atoms with van der Waals surface area (Å²) in [6.45, 7) is 3.98. The maximum Gasteiger partial charge on any atom is 0.296 e. The van der Waals surface area contributed by atoms with Gasteiger partial charge >= 0.3 is 0 Å². The second-order valence-electron chi connectivity index (χ2n) is 8.05. The van der Waals surface area contributed by atoms with Gasteiger partial charge < -0.3 is 15.0 Å². The van der Waals surface area contributed by atoms with Crippen molar-refractivity contribution in [1.29, 1.82) is 5.26 Å². The zero-order valence-electron chi connectivity index (χ0n) is 19.4. The summed E-state index contributed by atoms with van der Waals surface area (Å²) in [6, 6.07) is 19.7. The Bertz CT molecular complexity index is 1530. The first-order valence-corrected chi connectivity index (χ1v) is 10.8. The minimum absolute atomic E-state index is 0.0316. The molecule has 3 aromatic carbocycles. The summed E-state index contributed by atoms with van der Waals surface area (Å²) in [6.07, 6.45) is 1.52. The van der Waals surface area contributed by atoms with Crippen molar-refractivity contribution in [2.45, 2.75) is 13.8 Å². The predicted octanol–water partition coefficient (Wildman–Crippen LogP) is 5.91. The van der Waals surface area contributed by atoms with Crippen LogP contribution in [-0.2, 0) is 4.79 Å². The third-order valence-electron chi connectivity index (χ3n) is 5.66. The van der Waals surface area contributed by atoms with E-state index in [1.54, 1.807) is 0 Å². The first-order valence-electron chi connectivity index (χ1n) is 10.8. The Balaban J connectivity index is 1.83. The molecule has 0 atom stereocenters. The number of aryl methyl sites for hydroxylation is 2. The number of aromatic nitrogens is 1. The molecule has 4 rings (SSSR count). The molecule has 35 heavy (non-hydrogen) atoms. The first-order chi connectivity index (χ1) is 16.8. The van der Waals surface area contributed by atoms with Gasteiger partial charge in [-0.3, -0.25) is 14.9 Å². The monoisotopic (exact) mass is 466 g/mol. The van der Waals surface area contributed by atoms with Crippen molar-refractivity contribution in [2.24, 2.45) is 0 Å². The van der Waals surface area contributed by atoms with Gasteiger partial charge in [0.15, 0.2) is 0 Å². The molecule has 8 heteroatoms. The number of ether oxygens (including phenoxy) is 1. The van der Waals surface area contributed by atoms with Crippen LogP contribution in [-0.4, -0.2) is 22.9 Å². The molecule has 0 bridgehead atoms. The van der Waals surface area contributed by atoms with E-state index in [0.29, 0.717) is 5.56 Å². The minimum Gasteiger partial charge on any atom is -0.496 e. The molecular formula is C27H22N4O4. The number of H-pyrrole nitrogens is 1. The fourth-order valence-electron chi connectivity index (χ4n) is 4.03. The molecule has 0 radical (unpaired) electrons. The molecule has 8 nitrogen and oxygen atoms in total. The Morgan fingerprint density at radius 1 is 1.14 bits per heavy atom. The van der Waals surface area contributed by atoms with E-state index in [1.807, 2.05) is 56.3 Å². The third-order valence-corrected chi connectivity index (χ3v) is 5.66. The number of methoxy groups -OCH3 is 1. The summed E-state index contributed by atoms with van der Waals surface area (Å²) >= 11 is 0. The average Bonchev–Trinajstić information content (AvgIpc) is 3.21. The summed E-state index contributed by atoms with van der Waals surface area (Å²) < 4.78 is 5.03. The second kappa shape index (κ2) is 9.53. The van der Waals surface area contributed by atoms with Crippen molar-refractivity contribution in [1.82, 2.24) is 4.98 Å². The zero-order chi connectivity index (χ0) is 25.1. The normalized spacial score (nSPS) is 11.2. The minimum atomic E-state index is -0.751. The number of rotatable bonds is 6. The fraction of sp³-hybridized carbons (Fsp3) is 0.111. The van der Waals surface area contributed by atoms with Crippen LogP contribution in [0.15, 0.2) is 66.2 Å². The molecule has 2 N–H and O–H groups in total. The molecule has 0 aliphatic carbocycles. The fourth-order valence-corrected chi connectivity index (χ4v) is 4.03. The summed E-state index contributed by atoms with van der Waals surface area (Å²) in [5, 5.41) is 24.7. The van der Waals surface area contributed by atoms with E-state index in [1.165, 1.54) is 31.4 Å². The number of anilines is 1. The van der Waals surface area contributed by atoms with Crippen molar-refractivity contribution >= 4 is 34.3 Å². The standard InChI is InChI=1S/C27H22N4O4/c1-16-11-17(2)25-21(12-16)22(26(30-25)18-7-5-4-6-8-18)13-19(15-28)27(32)29-23-10-9-20(35-3)14-24(23)31(33)34/h4-14,30H,1-3H3,(H,29,32)/b19-13-. The number of carbonyl (C=O) groups is 1. The lowest BCUT2D eigenvalue weighted by Gasteiger charge is -2.07. The summed E-state index contributed by atoms with van der Waals surface area (Å²) in [5.41, 5.74) is 4.79. The summed E-state index contributed by atoms with van der Waals surface area (Å²) in [7, 11) is 1.39. The summed E-state index contributed by atoms with van der Waals surface area (Å²) in [4.78, 5) is 27.4. The Hall–Kier alpha value is -4.90. The molecule has 0 spiro atoms. The number of hydrogen-bond acceptors (Lipinski definition) is 5. The molecule has 1 heterocycles. The van der Waals surface area contributed by atoms with E-state index >= 15 is 0 Å². The van der Waals surface area contributed by atoms with Crippen molar-refractivity contribution < 1.29 is 14.5 Å². The largest absolute Gasteiger partial charge is 0.496 e. The topological polar surface area (TPSA) is 121 Å². The molecule has 0 saturated carbocycles. The Kier molecular flexibility index (Phi) is 6.34. The van der Waals surface area contributed by atoms with Crippen molar-refractivity contribution in [3.8, 4) is 23.1 Å². The van der Waals surface area contributed by atoms with E-state index in [2.05, 4.69) is 16.4 Å². The number of benzene rings is 3. The van der Waals surface area contributed by atoms with Crippen LogP contribution in [0.2, 0.25) is 0 Å². The van der Waals surface area contributed by atoms with Crippen LogP contribution in [0.4, 0.5) is 11.4 Å². The van der Waals surface area contributed by atoms with Gasteiger partial charge in [-0.25, -0.2) is 0 Å². The van der Waals surface area contributed by atoms with Gasteiger partial charge in [0.1, 0.15) is 23.1 Å². The number of fused-ring (bicyclic) bond motifs is 1. The maximum atomic E-state index is 13.1. The number of aromatic amines is 1. The lowest BCUT2D eigenvalue weighted by atomic mass is 10.0. The lowest BCUT2D eigenvalue weighted by Crippen LogP contribution is -2.14. The molecule has 1 aromatic heterocycles. The molecule has 0 unspecified atom stereocenters. The van der Waals surface area contributed by atoms with Crippen LogP contribution in [0.25, 0.3) is 28.2 Å². The number of carbonyl (C=O) groups excluding carboxylic acids is 1. The zero-order valence-corrected chi connectivity index (χ0v) is 19.4. The molecule has 0 fully saturated rings. The van der Waals surface area contributed by atoms with Gasteiger partial charge in [0.2, 0.25) is 0 Å². The molecule has 0 aliphatic rings. The van der Waals surface area contributed by atoms with Gasteiger partial charge in [-0.15, -0.1) is 0 Å². The highest BCUT2D eigenvalue weighted by molar-refractivity contribution is 6.12. The number of nitro benzene ring substituents is 1. The molecular weight excluding hydrogens is 444 g/mol. The van der Waals surface area contributed by atoms with Crippen LogP contribution in [0.5, 0.6) is 5.75 Å². The van der Waals surface area contributed by atoms with Gasteiger partial charge in [0.05, 0.1) is 23.8 Å². The van der Waals surface area contributed by atoms with Gasteiger partial charge in [-0.2, -0.15) is 5.26 Å². The Morgan fingerprint density at radius 3 is 2.54 bits per heavy atom. The third kappa shape index (κ3) is 4.61. The Labute approximate surface area is 201 Å². The average molecular weight is 466 g/mol. The molecule has 1 amide bonds. The van der Waals surface area contributed by atoms with Gasteiger partial charge in [-0.1, -0.05) is 42.0 Å². The Morgan fingerprint density at radius 2 is 1.89 bits per heavy atom. The van der Waals surface area contributed by atoms with Crippen molar-refractivity contribution in [3.63, 3.8) is 0 Å². The van der Waals surface area contributed by atoms with Crippen LogP contribution in [0.1, 0.15) is 16.7 Å². The molecule has 0 saturated heterocycles. The number of amides is 1. The van der Waals surface area contributed by atoms with Crippen molar-refractivity contribution in [2.75, 3.05) is 12.4 Å². The number of nitro groups is 1. The van der Waals surface area contributed by atoms with E-state index in [4.69, 9.17) is 4.74 Å². The van der Waals surface area contributed by atoms with Gasteiger partial charge in [-0.05, 0) is 49.2 Å². The van der Waals surface area contributed by atoms with Crippen molar-refractivity contribution in [3.05, 3.63) is 93.0 Å². The number of nitrogens with zero attached hydrogens (tertiary/aromatic N) is 2. The van der Waals surface area contributed by atoms with Crippen LogP contribution >= 0.6 is 0 Å². The molecule has 0 aliphatic heterocycles. The van der Waals surface area contributed by atoms with E-state index in [-0.39, 0.29) is 22.7 Å². The van der Waals surface area contributed by atoms with Crippen LogP contribution < -0.4 is 10.1 Å². The summed E-state index contributed by atoms with van der Waals surface area (Å²) in [5.74, 6) is -0.471. The van der Waals surface area contributed by atoms with Gasteiger partial charge in [0.25, 0.3) is 11.6 Å². The molecule has 4 aromatic rings. The quantitative estimate of drug-likeness (QED) is 0.158. The van der Waals surface area contributed by atoms with Crippen LogP contribution in [0.3, 0.4) is 0 Å². The second-order valence-corrected chi connectivity index (χ2v) is 8.05. The predicted molar refractivity (Wildman–Crippen MR) is 135 cm³/mol. The lowest BCUT2D eigenvalue weighted by molar-refractivity contribution is -0.384. The number of nitriles is 1. The maximum absolute atomic E-state index is 13.1. The van der Waals surface area contributed by atoms with E-state index in [0.717, 1.165) is 33.3 Å². The number of nitrogens with one attached hydrogen (secondary N) is 2. The highest BCUT2D eigenvalue weighted by Gasteiger charge is 2.21. The van der Waals surface area contributed by atoms with Gasteiger partial charge in [0, 0.05) is 16.5 Å². The highest BCUT2D eigenvalue weighted by atomic mass is 16.6. The smallest absolute Gasteiger partial charge is 0.296 e. The SMILES string of the molecule is COc1ccc(NC(=O)/C(C#N)=C\c2c(-c3ccccc3)[nH]c3c(C)cc(C)cc23)c([N+](=O)[O-])c1. The molecule has 174 valence electrons. The van der Waals surface area contributed by atoms with E-state index in [9.17, 15) is 20.2 Å². The van der Waals surface area contributed by atoms with Crippen LogP contribution in [0, 0.1) is 35.3 Å².